The predicted molar refractivity (Wildman–Crippen MR) is 498 cm³/mol. The number of nitrogens with one attached hydrogen (secondary N) is 1. The van der Waals surface area contributed by atoms with Crippen LogP contribution in [0.25, 0.3) is 0 Å². The molecule has 0 aliphatic carbocycles. The zero-order valence-corrected chi connectivity index (χ0v) is 80.8. The van der Waals surface area contributed by atoms with Gasteiger partial charge in [-0.1, -0.05) is 394 Å². The minimum Gasteiger partial charge on any atom is -0.462 e. The lowest BCUT2D eigenvalue weighted by atomic mass is 9.96. The van der Waals surface area contributed by atoms with Crippen molar-refractivity contribution >= 4 is 56.8 Å². The average molecular weight is 1780 g/mol. The molecule has 3 unspecified atom stereocenters. The topological polar surface area (TPSA) is 307 Å². The maximum absolute atomic E-state index is 15.4. The van der Waals surface area contributed by atoms with Gasteiger partial charge in [0.2, 0.25) is 11.8 Å². The van der Waals surface area contributed by atoms with Crippen LogP contribution in [0.4, 0.5) is 5.69 Å². The van der Waals surface area contributed by atoms with E-state index in [1.54, 1.807) is 12.1 Å². The van der Waals surface area contributed by atoms with Crippen LogP contribution in [-0.2, 0) is 70.8 Å². The monoisotopic (exact) mass is 1780 g/mol. The van der Waals surface area contributed by atoms with Gasteiger partial charge in [0.25, 0.3) is 0 Å². The van der Waals surface area contributed by atoms with Crippen LogP contribution < -0.4 is 14.7 Å². The number of carbonyl (C=O) groups is 6. The van der Waals surface area contributed by atoms with Gasteiger partial charge in [0.05, 0.1) is 32.5 Å². The van der Waals surface area contributed by atoms with Crippen LogP contribution in [0.15, 0.2) is 24.3 Å². The summed E-state index contributed by atoms with van der Waals surface area (Å²) in [5.74, 6) is -3.58. The van der Waals surface area contributed by atoms with Gasteiger partial charge in [0.15, 0.2) is 12.4 Å². The maximum Gasteiger partial charge on any atom is 0.470 e. The van der Waals surface area contributed by atoms with Gasteiger partial charge in [-0.2, -0.15) is 0 Å². The van der Waals surface area contributed by atoms with Gasteiger partial charge in [0, 0.05) is 44.2 Å². The molecule has 0 bridgehead atoms. The van der Waals surface area contributed by atoms with Crippen LogP contribution in [0.5, 0.6) is 5.75 Å². The van der Waals surface area contributed by atoms with E-state index >= 15 is 14.4 Å². The molecular formula is C99H182N2O20P2. The van der Waals surface area contributed by atoms with E-state index in [1.807, 2.05) is 0 Å². The number of hydrogen-bond acceptors (Lipinski definition) is 17. The summed E-state index contributed by atoms with van der Waals surface area (Å²) < 4.78 is 75.1. The van der Waals surface area contributed by atoms with Crippen molar-refractivity contribution in [3.63, 3.8) is 0 Å². The molecule has 1 aliphatic rings. The molecular weight excluding hydrogens is 1600 g/mol. The Morgan fingerprint density at radius 3 is 1.06 bits per heavy atom. The van der Waals surface area contributed by atoms with Crippen molar-refractivity contribution in [2.45, 2.75) is 534 Å². The Hall–Kier alpha value is -3.98. The van der Waals surface area contributed by atoms with Crippen LogP contribution >= 0.6 is 15.4 Å². The molecule has 1 aromatic rings. The Morgan fingerprint density at radius 2 is 0.732 bits per heavy atom. The number of hydrogen-bond donors (Lipinski definition) is 5. The summed E-state index contributed by atoms with van der Waals surface area (Å²) in [4.78, 5) is 121. The Morgan fingerprint density at radius 1 is 0.415 bits per heavy atom. The van der Waals surface area contributed by atoms with Gasteiger partial charge in [-0.3, -0.25) is 33.3 Å². The van der Waals surface area contributed by atoms with Crippen molar-refractivity contribution in [3.05, 3.63) is 24.3 Å². The molecule has 24 heteroatoms. The number of unbranched alkanes of at least 4 members (excludes halogenated alkanes) is 54. The Balaban J connectivity index is 2.80. The SMILES string of the molecule is CCCCCCCCCCCCCC(=O)O[C@H](CCCCCCCCCCC)CC(=O)N[C@H]1C(OC(=O)C[C@@H](CCCCCCCCCCC)OC(=O)CCCCCCCCCCCCC)[C@H](OP(=O)(O)O)C(CO)O[C@H]1OCCN(C(=O)C[C@@H](CCCCCCCCCCC)OC(=O)CCCCCCCCCCCCC)c1cccc(OP(C)(=O)O)c1. The molecule has 1 aliphatic heterocycles. The number of nitrogens with zero attached hydrogens (tertiary/aromatic N) is 1. The number of aliphatic hydroxyl groups is 1. The van der Waals surface area contributed by atoms with E-state index in [4.69, 9.17) is 37.5 Å². The lowest BCUT2D eigenvalue weighted by Crippen LogP contribution is -2.66. The second kappa shape index (κ2) is 77.9. The summed E-state index contributed by atoms with van der Waals surface area (Å²) in [7, 11) is -9.72. The highest BCUT2D eigenvalue weighted by molar-refractivity contribution is 7.52. The van der Waals surface area contributed by atoms with Crippen LogP contribution in [0.1, 0.15) is 485 Å². The van der Waals surface area contributed by atoms with Gasteiger partial charge in [-0.15, -0.1) is 0 Å². The molecule has 22 nitrogen and oxygen atoms in total. The molecule has 2 rings (SSSR count). The highest BCUT2D eigenvalue weighted by Gasteiger charge is 2.52. The first-order chi connectivity index (χ1) is 59.6. The van der Waals surface area contributed by atoms with Gasteiger partial charge >= 0.3 is 39.3 Å². The van der Waals surface area contributed by atoms with Crippen molar-refractivity contribution in [2.75, 3.05) is 31.3 Å². The molecule has 0 radical (unpaired) electrons. The van der Waals surface area contributed by atoms with E-state index < -0.39 is 126 Å². The highest BCUT2D eigenvalue weighted by Crippen LogP contribution is 2.43. The fraction of sp³-hybridized carbons (Fsp3) is 0.879. The molecule has 0 aromatic heterocycles. The molecule has 718 valence electrons. The molecule has 123 heavy (non-hydrogen) atoms. The van der Waals surface area contributed by atoms with Gasteiger partial charge < -0.3 is 62.9 Å². The zero-order chi connectivity index (χ0) is 89.9. The van der Waals surface area contributed by atoms with E-state index in [9.17, 15) is 43.3 Å². The van der Waals surface area contributed by atoms with Gasteiger partial charge in [-0.25, -0.2) is 9.13 Å². The molecule has 0 spiro atoms. The fourth-order valence-corrected chi connectivity index (χ4v) is 17.7. The summed E-state index contributed by atoms with van der Waals surface area (Å²) in [6, 6.07) is 4.35. The number of anilines is 1. The number of ether oxygens (including phenoxy) is 6. The molecule has 0 saturated carbocycles. The minimum atomic E-state index is -5.58. The smallest absolute Gasteiger partial charge is 0.462 e. The van der Waals surface area contributed by atoms with E-state index in [0.717, 1.165) is 193 Å². The molecule has 1 fully saturated rings. The molecule has 1 saturated heterocycles. The number of aliphatic hydroxyl groups excluding tert-OH is 1. The first-order valence-electron chi connectivity index (χ1n) is 50.7. The number of rotatable bonds is 87. The number of carbonyl (C=O) groups excluding carboxylic acids is 6. The number of benzene rings is 1. The third-order valence-corrected chi connectivity index (χ3v) is 25.0. The van der Waals surface area contributed by atoms with E-state index in [0.29, 0.717) is 57.8 Å². The third kappa shape index (κ3) is 65.3. The molecule has 2 amide bonds. The van der Waals surface area contributed by atoms with Crippen molar-refractivity contribution < 1.29 is 95.2 Å². The Kier molecular flexibility index (Phi) is 72.9. The first kappa shape index (κ1) is 115. The van der Waals surface area contributed by atoms with Crippen molar-refractivity contribution in [1.82, 2.24) is 5.32 Å². The maximum atomic E-state index is 15.4. The molecule has 1 heterocycles. The molecule has 5 N–H and O–H groups in total. The van der Waals surface area contributed by atoms with E-state index in [-0.39, 0.29) is 43.7 Å². The van der Waals surface area contributed by atoms with Crippen LogP contribution in [0, 0.1) is 0 Å². The minimum absolute atomic E-state index is 0.0282. The Bertz CT molecular complexity index is 2840. The highest BCUT2D eigenvalue weighted by atomic mass is 31.2. The van der Waals surface area contributed by atoms with Crippen molar-refractivity contribution in [2.24, 2.45) is 0 Å². The largest absolute Gasteiger partial charge is 0.470 e. The van der Waals surface area contributed by atoms with Gasteiger partial charge in [0.1, 0.15) is 42.3 Å². The summed E-state index contributed by atoms with van der Waals surface area (Å²) in [6.45, 7) is 12.5. The average Bonchev–Trinajstić information content (AvgIpc) is 0.779. The molecule has 1 aromatic carbocycles. The number of phosphoric acid groups is 1. The first-order valence-corrected chi connectivity index (χ1v) is 54.2. The van der Waals surface area contributed by atoms with Crippen LogP contribution in [-0.4, -0.2) is 131 Å². The normalized spacial score (nSPS) is 16.7. The van der Waals surface area contributed by atoms with Crippen LogP contribution in [0.2, 0.25) is 0 Å². The fourth-order valence-electron chi connectivity index (χ4n) is 16.7. The van der Waals surface area contributed by atoms with Crippen LogP contribution in [0.3, 0.4) is 0 Å². The summed E-state index contributed by atoms with van der Waals surface area (Å²) in [5, 5.41) is 14.2. The lowest BCUT2D eigenvalue weighted by molar-refractivity contribution is -0.270. The number of phosphoric ester groups is 1. The standard InChI is InChI=1S/C99H182N2O20P2/c1-8-14-20-26-32-38-41-47-53-59-65-74-92(105)115-85(70-62-56-50-44-35-29-23-17-11-4)80-90(103)100-96-98(119-95(108)82-87(72-64-58-52-46-37-31-25-19-13-6)117-94(107)76-67-61-55-49-43-40-34-28-22-16-10-3)97(121-123(111,112)113)89(83-102)118-99(96)114-78-77-101(84-69-68-73-88(79-84)120-122(7,109)110)91(104)81-86(71-63-57-51-45-36-30-24-18-12-5)116-93(106)75-66-60-54-48-42-39-33-27-21-15-9-2/h68-69,73,79,85-87,89,96-99,102H,8-67,70-72,74-78,80-83H2,1-7H3,(H,100,103)(H,109,110)(H2,111,112,113)/t85-,86-,87-,89?,96+,97-,98?,99-/m1/s1. The zero-order valence-electron chi connectivity index (χ0n) is 79.0. The summed E-state index contributed by atoms with van der Waals surface area (Å²) >= 11 is 0. The Labute approximate surface area is 748 Å². The second-order valence-electron chi connectivity index (χ2n) is 35.8. The number of amides is 2. The van der Waals surface area contributed by atoms with Crippen molar-refractivity contribution in [3.8, 4) is 5.75 Å². The predicted octanol–water partition coefficient (Wildman–Crippen LogP) is 26.6. The summed E-state index contributed by atoms with van der Waals surface area (Å²) in [5.41, 5.74) is 0.209. The third-order valence-electron chi connectivity index (χ3n) is 23.9. The summed E-state index contributed by atoms with van der Waals surface area (Å²) in [6.07, 6.45) is 54.5. The van der Waals surface area contributed by atoms with E-state index in [2.05, 4.69) is 46.9 Å². The lowest BCUT2D eigenvalue weighted by Gasteiger charge is -2.45. The van der Waals surface area contributed by atoms with E-state index in [1.165, 1.54) is 178 Å². The second-order valence-corrected chi connectivity index (χ2v) is 38.8. The van der Waals surface area contributed by atoms with Gasteiger partial charge in [-0.05, 0) is 69.9 Å². The number of esters is 4. The van der Waals surface area contributed by atoms with Crippen molar-refractivity contribution in [1.29, 1.82) is 0 Å². The quantitative estimate of drug-likeness (QED) is 0.0175. The molecule has 9 atom stereocenters.